The van der Waals surface area contributed by atoms with Crippen LogP contribution in [0.1, 0.15) is 30.0 Å². The lowest BCUT2D eigenvalue weighted by Crippen LogP contribution is -2.13. The summed E-state index contributed by atoms with van der Waals surface area (Å²) in [5.41, 5.74) is 0.428. The molecule has 6 nitrogen and oxygen atoms in total. The Labute approximate surface area is 111 Å². The molecule has 2 aromatic heterocycles. The summed E-state index contributed by atoms with van der Waals surface area (Å²) in [5, 5.41) is 4.11. The zero-order valence-corrected chi connectivity index (χ0v) is 11.0. The number of hydrogen-bond donors (Lipinski definition) is 0. The van der Waals surface area contributed by atoms with Gasteiger partial charge in [-0.25, -0.2) is 14.5 Å². The van der Waals surface area contributed by atoms with Crippen molar-refractivity contribution in [1.82, 2.24) is 19.7 Å². The summed E-state index contributed by atoms with van der Waals surface area (Å²) in [7, 11) is 0. The second-order valence-corrected chi connectivity index (χ2v) is 4.57. The number of hydrogen-bond acceptors (Lipinski definition) is 5. The molecule has 0 fully saturated rings. The van der Waals surface area contributed by atoms with Gasteiger partial charge in [-0.3, -0.25) is 4.98 Å². The largest absolute Gasteiger partial charge is 0.454 e. The van der Waals surface area contributed by atoms with Crippen LogP contribution in [0.15, 0.2) is 30.9 Å². The lowest BCUT2D eigenvalue weighted by Gasteiger charge is -2.08. The molecular weight excluding hydrogens is 244 g/mol. The quantitative estimate of drug-likeness (QED) is 0.765. The Morgan fingerprint density at radius 2 is 2.32 bits per heavy atom. The number of carbonyl (C=O) groups excluding carboxylic acids is 1. The lowest BCUT2D eigenvalue weighted by molar-refractivity contribution is 0.0455. The number of esters is 1. The van der Waals surface area contributed by atoms with Gasteiger partial charge >= 0.3 is 5.97 Å². The van der Waals surface area contributed by atoms with Crippen LogP contribution in [0.3, 0.4) is 0 Å². The summed E-state index contributed by atoms with van der Waals surface area (Å²) in [6, 6.07) is 3.35. The Kier molecular flexibility index (Phi) is 4.22. The first-order valence-corrected chi connectivity index (χ1v) is 6.10. The Hall–Kier alpha value is -2.24. The van der Waals surface area contributed by atoms with Gasteiger partial charge in [0, 0.05) is 18.9 Å². The zero-order chi connectivity index (χ0) is 13.7. The summed E-state index contributed by atoms with van der Waals surface area (Å²) < 4.78 is 6.94. The summed E-state index contributed by atoms with van der Waals surface area (Å²) in [6.07, 6.45) is 4.55. The minimum Gasteiger partial charge on any atom is -0.454 e. The van der Waals surface area contributed by atoms with Gasteiger partial charge < -0.3 is 4.74 Å². The van der Waals surface area contributed by atoms with Crippen molar-refractivity contribution in [1.29, 1.82) is 0 Å². The minimum absolute atomic E-state index is 0.112. The molecule has 0 saturated carbocycles. The number of aromatic nitrogens is 4. The predicted octanol–water partition coefficient (Wildman–Crippen LogP) is 1.69. The van der Waals surface area contributed by atoms with Crippen molar-refractivity contribution < 1.29 is 9.53 Å². The molecule has 0 aliphatic carbocycles. The lowest BCUT2D eigenvalue weighted by atomic mass is 10.2. The first-order valence-electron chi connectivity index (χ1n) is 6.10. The van der Waals surface area contributed by atoms with Gasteiger partial charge in [0.1, 0.15) is 6.33 Å². The van der Waals surface area contributed by atoms with Crippen molar-refractivity contribution in [3.63, 3.8) is 0 Å². The van der Waals surface area contributed by atoms with Gasteiger partial charge in [0.2, 0.25) is 0 Å². The fourth-order valence-corrected chi connectivity index (χ4v) is 1.60. The molecule has 0 saturated heterocycles. The van der Waals surface area contributed by atoms with Crippen LogP contribution >= 0.6 is 0 Å². The van der Waals surface area contributed by atoms with Crippen LogP contribution in [0, 0.1) is 5.92 Å². The monoisotopic (exact) mass is 260 g/mol. The highest BCUT2D eigenvalue weighted by Gasteiger charge is 2.11. The van der Waals surface area contributed by atoms with E-state index < -0.39 is 5.97 Å². The van der Waals surface area contributed by atoms with Crippen LogP contribution in [-0.2, 0) is 17.9 Å². The first-order chi connectivity index (χ1) is 9.16. The minimum atomic E-state index is -0.410. The van der Waals surface area contributed by atoms with E-state index >= 15 is 0 Å². The molecule has 0 unspecified atom stereocenters. The Bertz CT molecular complexity index is 537. The molecule has 2 rings (SSSR count). The van der Waals surface area contributed by atoms with Gasteiger partial charge in [-0.15, -0.1) is 0 Å². The second kappa shape index (κ2) is 6.08. The molecule has 0 atom stereocenters. The summed E-state index contributed by atoms with van der Waals surface area (Å²) in [4.78, 5) is 19.7. The Balaban J connectivity index is 1.96. The van der Waals surface area contributed by atoms with Crippen molar-refractivity contribution in [3.8, 4) is 0 Å². The highest BCUT2D eigenvalue weighted by molar-refractivity contribution is 5.88. The van der Waals surface area contributed by atoms with Crippen LogP contribution < -0.4 is 0 Å². The number of rotatable bonds is 5. The average molecular weight is 260 g/mol. The standard InChI is InChI=1S/C13H16N4O2/c1-10(2)7-17-12(15-9-16-17)8-19-13(18)11-4-3-5-14-6-11/h3-6,9-10H,7-8H2,1-2H3. The van der Waals surface area contributed by atoms with Gasteiger partial charge in [0.05, 0.1) is 5.56 Å². The van der Waals surface area contributed by atoms with Gasteiger partial charge in [0.25, 0.3) is 0 Å². The van der Waals surface area contributed by atoms with Crippen LogP contribution in [-0.4, -0.2) is 25.7 Å². The van der Waals surface area contributed by atoms with E-state index in [1.165, 1.54) is 12.5 Å². The maximum Gasteiger partial charge on any atom is 0.340 e. The average Bonchev–Trinajstić information content (AvgIpc) is 2.83. The maximum atomic E-state index is 11.8. The molecule has 2 heterocycles. The topological polar surface area (TPSA) is 69.9 Å². The van der Waals surface area contributed by atoms with Crippen LogP contribution in [0.25, 0.3) is 0 Å². The van der Waals surface area contributed by atoms with Crippen molar-refractivity contribution in [3.05, 3.63) is 42.2 Å². The van der Waals surface area contributed by atoms with Crippen LogP contribution in [0.4, 0.5) is 0 Å². The molecule has 19 heavy (non-hydrogen) atoms. The third-order valence-electron chi connectivity index (χ3n) is 2.46. The summed E-state index contributed by atoms with van der Waals surface area (Å²) >= 11 is 0. The Morgan fingerprint density at radius 1 is 1.47 bits per heavy atom. The molecule has 0 spiro atoms. The van der Waals surface area contributed by atoms with Crippen molar-refractivity contribution >= 4 is 5.97 Å². The fourth-order valence-electron chi connectivity index (χ4n) is 1.60. The van der Waals surface area contributed by atoms with E-state index in [1.807, 2.05) is 0 Å². The maximum absolute atomic E-state index is 11.8. The molecule has 0 aliphatic rings. The van der Waals surface area contributed by atoms with E-state index in [1.54, 1.807) is 23.0 Å². The smallest absolute Gasteiger partial charge is 0.340 e. The van der Waals surface area contributed by atoms with E-state index in [9.17, 15) is 4.79 Å². The molecule has 0 aromatic carbocycles. The molecule has 6 heteroatoms. The third-order valence-corrected chi connectivity index (χ3v) is 2.46. The van der Waals surface area contributed by atoms with Crippen molar-refractivity contribution in [2.24, 2.45) is 5.92 Å². The SMILES string of the molecule is CC(C)Cn1ncnc1COC(=O)c1cccnc1. The molecule has 0 aliphatic heterocycles. The highest BCUT2D eigenvalue weighted by Crippen LogP contribution is 2.05. The van der Waals surface area contributed by atoms with Gasteiger partial charge in [-0.05, 0) is 18.1 Å². The molecule has 2 aromatic rings. The summed E-state index contributed by atoms with van der Waals surface area (Å²) in [5.74, 6) is 0.688. The zero-order valence-electron chi connectivity index (χ0n) is 11.0. The van der Waals surface area contributed by atoms with Crippen LogP contribution in [0.2, 0.25) is 0 Å². The third kappa shape index (κ3) is 3.61. The summed E-state index contributed by atoms with van der Waals surface area (Å²) in [6.45, 7) is 5.04. The van der Waals surface area contributed by atoms with E-state index in [-0.39, 0.29) is 6.61 Å². The van der Waals surface area contributed by atoms with Crippen molar-refractivity contribution in [2.75, 3.05) is 0 Å². The van der Waals surface area contributed by atoms with E-state index in [0.717, 1.165) is 6.54 Å². The molecule has 0 N–H and O–H groups in total. The second-order valence-electron chi connectivity index (χ2n) is 4.57. The predicted molar refractivity (Wildman–Crippen MR) is 68.2 cm³/mol. The normalized spacial score (nSPS) is 10.7. The molecule has 100 valence electrons. The van der Waals surface area contributed by atoms with E-state index in [4.69, 9.17) is 4.74 Å². The number of pyridine rings is 1. The number of nitrogens with zero attached hydrogens (tertiary/aromatic N) is 4. The molecule has 0 radical (unpaired) electrons. The number of carbonyl (C=O) groups is 1. The Morgan fingerprint density at radius 3 is 3.00 bits per heavy atom. The van der Waals surface area contributed by atoms with Gasteiger partial charge in [-0.1, -0.05) is 13.8 Å². The van der Waals surface area contributed by atoms with E-state index in [2.05, 4.69) is 28.9 Å². The van der Waals surface area contributed by atoms with Crippen LogP contribution in [0.5, 0.6) is 0 Å². The van der Waals surface area contributed by atoms with Gasteiger partial charge in [0.15, 0.2) is 12.4 Å². The molecular formula is C13H16N4O2. The number of ether oxygens (including phenoxy) is 1. The fraction of sp³-hybridized carbons (Fsp3) is 0.385. The highest BCUT2D eigenvalue weighted by atomic mass is 16.5. The molecule has 0 amide bonds. The van der Waals surface area contributed by atoms with Gasteiger partial charge in [-0.2, -0.15) is 5.10 Å². The van der Waals surface area contributed by atoms with Crippen molar-refractivity contribution in [2.45, 2.75) is 27.0 Å². The van der Waals surface area contributed by atoms with E-state index in [0.29, 0.717) is 17.3 Å². The molecule has 0 bridgehead atoms. The first kappa shape index (κ1) is 13.2.